The van der Waals surface area contributed by atoms with Crippen LogP contribution < -0.4 is 15.1 Å². The Bertz CT molecular complexity index is 1090. The van der Waals surface area contributed by atoms with Crippen LogP contribution in [0, 0.1) is 5.82 Å². The third-order valence-electron chi connectivity index (χ3n) is 5.99. The summed E-state index contributed by atoms with van der Waals surface area (Å²) in [7, 11) is 1.88. The number of quaternary nitrogens is 1. The Morgan fingerprint density at radius 1 is 1.32 bits per heavy atom. The Kier molecular flexibility index (Phi) is 3.45. The van der Waals surface area contributed by atoms with Crippen LogP contribution in [0.1, 0.15) is 23.2 Å². The van der Waals surface area contributed by atoms with Crippen LogP contribution in [-0.4, -0.2) is 54.1 Å². The zero-order chi connectivity index (χ0) is 19.8. The second kappa shape index (κ2) is 5.59. The van der Waals surface area contributed by atoms with Crippen LogP contribution in [0.15, 0.2) is 30.0 Å². The van der Waals surface area contributed by atoms with Gasteiger partial charge in [-0.1, -0.05) is 0 Å². The number of benzene rings is 1. The standard InChI is InChI=1S/C20H19FN4O3/c1-25(12-2-3-12)9-14(20(27)28)18(26)13-4-10-5-15(21)17(24-7-11(22)8-24)6-16(10)23-19(13)25/h4-6,9,11-12H,2-3,7-8,22H2,1H3/p+1. The Balaban J connectivity index is 1.70. The number of fused-ring (bicyclic) bond motifs is 2. The third kappa shape index (κ3) is 2.38. The summed E-state index contributed by atoms with van der Waals surface area (Å²) in [5.41, 5.74) is 6.83. The lowest BCUT2D eigenvalue weighted by molar-refractivity contribution is -0.132. The zero-order valence-corrected chi connectivity index (χ0v) is 15.4. The maximum Gasteiger partial charge on any atom is 0.345 e. The van der Waals surface area contributed by atoms with Crippen molar-refractivity contribution < 1.29 is 19.1 Å². The number of carbonyl (C=O) groups is 2. The molecule has 2 aromatic rings. The van der Waals surface area contributed by atoms with Crippen LogP contribution in [0.5, 0.6) is 0 Å². The number of Topliss-reactive ketones (excluding diaryl/α,β-unsaturated/α-hetero) is 1. The van der Waals surface area contributed by atoms with E-state index in [1.807, 2.05) is 11.9 Å². The normalized spacial score (nSPS) is 24.8. The number of hydrogen-bond donors (Lipinski definition) is 2. The highest BCUT2D eigenvalue weighted by molar-refractivity contribution is 6.27. The summed E-state index contributed by atoms with van der Waals surface area (Å²) in [4.78, 5) is 31.0. The summed E-state index contributed by atoms with van der Waals surface area (Å²) in [5.74, 6) is -1.71. The second-order valence-electron chi connectivity index (χ2n) is 8.08. The number of hydrogen-bond acceptors (Lipinski definition) is 5. The molecule has 1 unspecified atom stereocenters. The molecule has 0 radical (unpaired) electrons. The fourth-order valence-electron chi connectivity index (χ4n) is 4.23. The molecule has 1 atom stereocenters. The predicted molar refractivity (Wildman–Crippen MR) is 103 cm³/mol. The molecule has 3 N–H and O–H groups in total. The number of pyridine rings is 1. The first-order valence-electron chi connectivity index (χ1n) is 9.30. The number of ketones is 1. The smallest absolute Gasteiger partial charge is 0.345 e. The third-order valence-corrected chi connectivity index (χ3v) is 5.99. The Hall–Kier alpha value is -2.84. The van der Waals surface area contributed by atoms with Gasteiger partial charge >= 0.3 is 5.97 Å². The summed E-state index contributed by atoms with van der Waals surface area (Å²) in [6, 6.07) is 4.85. The van der Waals surface area contributed by atoms with Crippen LogP contribution in [-0.2, 0) is 4.79 Å². The van der Waals surface area contributed by atoms with Crippen molar-refractivity contribution in [2.45, 2.75) is 24.9 Å². The summed E-state index contributed by atoms with van der Waals surface area (Å²) >= 11 is 0. The lowest BCUT2D eigenvalue weighted by Gasteiger charge is -2.39. The van der Waals surface area contributed by atoms with Gasteiger partial charge in [0, 0.05) is 37.4 Å². The molecular formula is C20H20FN4O3+. The van der Waals surface area contributed by atoms with Gasteiger partial charge in [-0.2, -0.15) is 4.98 Å². The molecule has 0 spiro atoms. The first kappa shape index (κ1) is 17.3. The summed E-state index contributed by atoms with van der Waals surface area (Å²) < 4.78 is 14.8. The number of anilines is 1. The van der Waals surface area contributed by atoms with Crippen molar-refractivity contribution >= 4 is 34.2 Å². The molecule has 1 saturated carbocycles. The maximum absolute atomic E-state index is 14.6. The Morgan fingerprint density at radius 2 is 2.04 bits per heavy atom. The Labute approximate surface area is 160 Å². The lowest BCUT2D eigenvalue weighted by Crippen LogP contribution is -2.56. The van der Waals surface area contributed by atoms with Crippen LogP contribution >= 0.6 is 0 Å². The van der Waals surface area contributed by atoms with Gasteiger partial charge in [0.05, 0.1) is 24.3 Å². The minimum atomic E-state index is -1.25. The van der Waals surface area contributed by atoms with Crippen molar-refractivity contribution in [1.82, 2.24) is 9.47 Å². The average molecular weight is 383 g/mol. The average Bonchev–Trinajstić information content (AvgIpc) is 3.46. The molecule has 0 bridgehead atoms. The molecule has 2 aliphatic heterocycles. The summed E-state index contributed by atoms with van der Waals surface area (Å²) in [6.45, 7) is 1.18. The van der Waals surface area contributed by atoms with Crippen LogP contribution in [0.3, 0.4) is 0 Å². The number of aromatic nitrogens is 1. The van der Waals surface area contributed by atoms with Gasteiger partial charge in [0.2, 0.25) is 11.6 Å². The van der Waals surface area contributed by atoms with Gasteiger partial charge in [-0.3, -0.25) is 4.79 Å². The van der Waals surface area contributed by atoms with Gasteiger partial charge in [-0.05, 0) is 18.2 Å². The van der Waals surface area contributed by atoms with Crippen molar-refractivity contribution in [1.29, 1.82) is 0 Å². The molecule has 28 heavy (non-hydrogen) atoms. The molecule has 1 aliphatic carbocycles. The highest BCUT2D eigenvalue weighted by atomic mass is 19.1. The number of nitrogens with zero attached hydrogens (tertiary/aromatic N) is 3. The number of carboxylic acids is 1. The van der Waals surface area contributed by atoms with E-state index in [9.17, 15) is 19.1 Å². The van der Waals surface area contributed by atoms with E-state index in [1.165, 1.54) is 12.3 Å². The van der Waals surface area contributed by atoms with Gasteiger partial charge in [0.15, 0.2) is 5.57 Å². The van der Waals surface area contributed by atoms with Gasteiger partial charge in [0.25, 0.3) is 0 Å². The highest BCUT2D eigenvalue weighted by Crippen LogP contribution is 2.43. The number of aliphatic carboxylic acids is 1. The molecule has 1 aromatic carbocycles. The molecule has 2 fully saturated rings. The molecule has 0 amide bonds. The number of nitrogens with two attached hydrogens (primary N) is 1. The molecule has 144 valence electrons. The number of carbonyl (C=O) groups excluding carboxylic acids is 1. The number of carboxylic acid groups (broad SMARTS) is 1. The van der Waals surface area contributed by atoms with Crippen LogP contribution in [0.25, 0.3) is 10.9 Å². The number of halogens is 1. The molecule has 1 aromatic heterocycles. The highest BCUT2D eigenvalue weighted by Gasteiger charge is 2.50. The molecule has 3 heterocycles. The van der Waals surface area contributed by atoms with E-state index in [0.29, 0.717) is 35.5 Å². The topological polar surface area (TPSA) is 96.5 Å². The van der Waals surface area contributed by atoms with E-state index in [-0.39, 0.29) is 27.7 Å². The lowest BCUT2D eigenvalue weighted by atomic mass is 9.97. The monoisotopic (exact) mass is 383 g/mol. The predicted octanol–water partition coefficient (Wildman–Crippen LogP) is 1.79. The van der Waals surface area contributed by atoms with E-state index in [1.54, 1.807) is 12.1 Å². The molecule has 8 heteroatoms. The van der Waals surface area contributed by atoms with Crippen molar-refractivity contribution in [3.63, 3.8) is 0 Å². The first-order chi connectivity index (χ1) is 13.3. The minimum Gasteiger partial charge on any atom is -0.477 e. The SMILES string of the molecule is C[N+]1(C2CC2)C=C(C(=O)O)C(=O)c2cc3cc(F)c(N4CC(N)C4)cc3nc21. The van der Waals surface area contributed by atoms with E-state index >= 15 is 0 Å². The van der Waals surface area contributed by atoms with Crippen LogP contribution in [0.4, 0.5) is 15.9 Å². The molecular weight excluding hydrogens is 363 g/mol. The van der Waals surface area contributed by atoms with E-state index < -0.39 is 17.6 Å². The fraction of sp³-hybridized carbons (Fsp3) is 0.350. The van der Waals surface area contributed by atoms with E-state index in [2.05, 4.69) is 0 Å². The van der Waals surface area contributed by atoms with Crippen molar-refractivity contribution in [3.05, 3.63) is 41.4 Å². The zero-order valence-electron chi connectivity index (χ0n) is 15.4. The molecule has 5 rings (SSSR count). The molecule has 1 saturated heterocycles. The van der Waals surface area contributed by atoms with Crippen LogP contribution in [0.2, 0.25) is 0 Å². The summed E-state index contributed by atoms with van der Waals surface area (Å²) in [5, 5.41) is 9.96. The number of rotatable bonds is 3. The van der Waals surface area contributed by atoms with Gasteiger partial charge in [-0.25, -0.2) is 13.7 Å². The summed E-state index contributed by atoms with van der Waals surface area (Å²) in [6.07, 6.45) is 3.38. The van der Waals surface area contributed by atoms with Crippen molar-refractivity contribution in [2.75, 3.05) is 25.0 Å². The second-order valence-corrected chi connectivity index (χ2v) is 8.08. The quantitative estimate of drug-likeness (QED) is 0.620. The van der Waals surface area contributed by atoms with Gasteiger partial charge in [-0.15, -0.1) is 0 Å². The van der Waals surface area contributed by atoms with Gasteiger partial charge < -0.3 is 15.7 Å². The molecule has 7 nitrogen and oxygen atoms in total. The fourth-order valence-corrected chi connectivity index (χ4v) is 4.23. The van der Waals surface area contributed by atoms with E-state index in [0.717, 1.165) is 12.8 Å². The molecule has 3 aliphatic rings. The Morgan fingerprint density at radius 3 is 2.64 bits per heavy atom. The maximum atomic E-state index is 14.6. The first-order valence-corrected chi connectivity index (χ1v) is 9.30. The minimum absolute atomic E-state index is 0.0404. The van der Waals surface area contributed by atoms with Gasteiger partial charge in [0.1, 0.15) is 17.6 Å². The largest absolute Gasteiger partial charge is 0.477 e. The van der Waals surface area contributed by atoms with Crippen molar-refractivity contribution in [2.24, 2.45) is 5.73 Å². The van der Waals surface area contributed by atoms with Crippen molar-refractivity contribution in [3.8, 4) is 0 Å². The van der Waals surface area contributed by atoms with E-state index in [4.69, 9.17) is 10.7 Å².